The topological polar surface area (TPSA) is 36.3 Å². The molecule has 0 radical (unpaired) electrons. The molecule has 0 spiro atoms. The molecule has 0 fully saturated rings. The molecule has 0 N–H and O–H groups in total. The number of hydrogen-bond donors (Lipinski definition) is 0. The van der Waals surface area contributed by atoms with E-state index in [2.05, 4.69) is 6.92 Å². The highest BCUT2D eigenvalue weighted by Crippen LogP contribution is 2.38. The number of methoxy groups -OCH3 is 2. The fourth-order valence-electron chi connectivity index (χ4n) is 3.68. The first kappa shape index (κ1) is 21.3. The number of benzene rings is 3. The second-order valence-electron chi connectivity index (χ2n) is 7.00. The quantitative estimate of drug-likeness (QED) is 0.313. The summed E-state index contributed by atoms with van der Waals surface area (Å²) in [5.74, 6) is 1.55. The molecule has 3 aromatic carbocycles. The Morgan fingerprint density at radius 3 is 2.10 bits per heavy atom. The zero-order valence-electron chi connectivity index (χ0n) is 17.5. The van der Waals surface area contributed by atoms with Crippen LogP contribution in [0.1, 0.15) is 12.5 Å². The molecule has 0 bridgehead atoms. The van der Waals surface area contributed by atoms with Crippen LogP contribution in [0.25, 0.3) is 28.2 Å². The summed E-state index contributed by atoms with van der Waals surface area (Å²) >= 11 is 12.7. The van der Waals surface area contributed by atoms with Crippen LogP contribution >= 0.6 is 23.2 Å². The van der Waals surface area contributed by atoms with Gasteiger partial charge in [0.2, 0.25) is 0 Å². The lowest BCUT2D eigenvalue weighted by Crippen LogP contribution is -2.01. The van der Waals surface area contributed by atoms with Gasteiger partial charge in [0.15, 0.2) is 0 Å². The third kappa shape index (κ3) is 4.14. The Balaban J connectivity index is 2.03. The van der Waals surface area contributed by atoms with Crippen LogP contribution in [0, 0.1) is 0 Å². The summed E-state index contributed by atoms with van der Waals surface area (Å²) < 4.78 is 12.8. The Hall–Kier alpha value is -2.95. The van der Waals surface area contributed by atoms with E-state index in [9.17, 15) is 0 Å². The number of hydrogen-bond acceptors (Lipinski definition) is 3. The molecule has 0 unspecified atom stereocenters. The van der Waals surface area contributed by atoms with Crippen LogP contribution in [-0.4, -0.2) is 24.0 Å². The summed E-state index contributed by atoms with van der Waals surface area (Å²) in [6, 6.07) is 21.3. The maximum Gasteiger partial charge on any atom is 0.119 e. The highest BCUT2D eigenvalue weighted by atomic mass is 35.5. The van der Waals surface area contributed by atoms with Gasteiger partial charge in [0.25, 0.3) is 0 Å². The molecule has 4 rings (SSSR count). The second-order valence-corrected chi connectivity index (χ2v) is 7.84. The van der Waals surface area contributed by atoms with Crippen LogP contribution in [0.5, 0.6) is 11.5 Å². The van der Waals surface area contributed by atoms with Crippen molar-refractivity contribution in [3.8, 4) is 39.7 Å². The van der Waals surface area contributed by atoms with Gasteiger partial charge in [-0.3, -0.25) is 0 Å². The predicted octanol–water partition coefficient (Wildman–Crippen LogP) is 7.09. The second kappa shape index (κ2) is 9.04. The number of rotatable bonds is 6. The minimum atomic E-state index is 0.527. The van der Waals surface area contributed by atoms with Crippen LogP contribution in [0.4, 0.5) is 0 Å². The SMILES string of the molecule is CCc1c(-c2cccc(OC)c2)nn(-c2ccc(Cl)cc2Cl)c1-c1cccc(OC)c1. The van der Waals surface area contributed by atoms with Crippen molar-refractivity contribution in [3.63, 3.8) is 0 Å². The van der Waals surface area contributed by atoms with Crippen LogP contribution in [0.15, 0.2) is 66.7 Å². The molecular weight excluding hydrogens is 431 g/mol. The molecule has 1 aromatic heterocycles. The van der Waals surface area contributed by atoms with Gasteiger partial charge >= 0.3 is 0 Å². The normalized spacial score (nSPS) is 10.9. The Bertz CT molecular complexity index is 1230. The van der Waals surface area contributed by atoms with Gasteiger partial charge in [-0.1, -0.05) is 54.4 Å². The third-order valence-corrected chi connectivity index (χ3v) is 5.70. The lowest BCUT2D eigenvalue weighted by Gasteiger charge is -2.12. The number of halogens is 2. The van der Waals surface area contributed by atoms with E-state index in [0.29, 0.717) is 10.0 Å². The summed E-state index contributed by atoms with van der Waals surface area (Å²) in [6.07, 6.45) is 0.782. The molecule has 158 valence electrons. The molecular formula is C25H22Cl2N2O2. The smallest absolute Gasteiger partial charge is 0.119 e. The summed E-state index contributed by atoms with van der Waals surface area (Å²) in [5.41, 5.74) is 5.67. The van der Waals surface area contributed by atoms with E-state index >= 15 is 0 Å². The lowest BCUT2D eigenvalue weighted by molar-refractivity contribution is 0.415. The summed E-state index contributed by atoms with van der Waals surface area (Å²) in [6.45, 7) is 2.12. The van der Waals surface area contributed by atoms with Gasteiger partial charge in [-0.2, -0.15) is 5.10 Å². The van der Waals surface area contributed by atoms with Crippen molar-refractivity contribution in [2.24, 2.45) is 0 Å². The van der Waals surface area contributed by atoms with E-state index < -0.39 is 0 Å². The third-order valence-electron chi connectivity index (χ3n) is 5.16. The minimum Gasteiger partial charge on any atom is -0.497 e. The Morgan fingerprint density at radius 1 is 0.839 bits per heavy atom. The minimum absolute atomic E-state index is 0.527. The molecule has 1 heterocycles. The van der Waals surface area contributed by atoms with Crippen molar-refractivity contribution < 1.29 is 9.47 Å². The van der Waals surface area contributed by atoms with Crippen LogP contribution in [-0.2, 0) is 6.42 Å². The largest absolute Gasteiger partial charge is 0.497 e. The number of ether oxygens (including phenoxy) is 2. The fourth-order valence-corrected chi connectivity index (χ4v) is 4.17. The fraction of sp³-hybridized carbons (Fsp3) is 0.160. The molecule has 0 atom stereocenters. The zero-order chi connectivity index (χ0) is 22.0. The van der Waals surface area contributed by atoms with E-state index in [1.165, 1.54) is 0 Å². The number of nitrogens with zero attached hydrogens (tertiary/aromatic N) is 2. The first-order valence-corrected chi connectivity index (χ1v) is 10.7. The van der Waals surface area contributed by atoms with Gasteiger partial charge in [0, 0.05) is 21.7 Å². The summed E-state index contributed by atoms with van der Waals surface area (Å²) in [4.78, 5) is 0. The average Bonchev–Trinajstić information content (AvgIpc) is 3.18. The predicted molar refractivity (Wildman–Crippen MR) is 127 cm³/mol. The molecule has 4 aromatic rings. The molecule has 6 heteroatoms. The van der Waals surface area contributed by atoms with E-state index in [1.54, 1.807) is 20.3 Å². The van der Waals surface area contributed by atoms with Crippen molar-refractivity contribution >= 4 is 23.2 Å². The Labute approximate surface area is 192 Å². The Morgan fingerprint density at radius 2 is 1.48 bits per heavy atom. The van der Waals surface area contributed by atoms with Gasteiger partial charge in [-0.15, -0.1) is 0 Å². The van der Waals surface area contributed by atoms with Crippen molar-refractivity contribution in [3.05, 3.63) is 82.3 Å². The zero-order valence-corrected chi connectivity index (χ0v) is 19.0. The van der Waals surface area contributed by atoms with Crippen molar-refractivity contribution in [1.29, 1.82) is 0 Å². The first-order valence-electron chi connectivity index (χ1n) is 9.91. The summed E-state index contributed by atoms with van der Waals surface area (Å²) in [7, 11) is 3.32. The van der Waals surface area contributed by atoms with Crippen molar-refractivity contribution in [2.45, 2.75) is 13.3 Å². The monoisotopic (exact) mass is 452 g/mol. The van der Waals surface area contributed by atoms with Gasteiger partial charge in [0.1, 0.15) is 11.5 Å². The van der Waals surface area contributed by atoms with Crippen LogP contribution in [0.2, 0.25) is 10.0 Å². The molecule has 0 amide bonds. The van der Waals surface area contributed by atoms with Crippen molar-refractivity contribution in [2.75, 3.05) is 14.2 Å². The van der Waals surface area contributed by atoms with Gasteiger partial charge in [0.05, 0.1) is 36.3 Å². The standard InChI is InChI=1S/C25H22Cl2N2O2/c1-4-21-24(16-7-5-9-19(13-16)30-2)28-29(23-12-11-18(26)15-22(23)27)25(21)17-8-6-10-20(14-17)31-3/h5-15H,4H2,1-3H3. The lowest BCUT2D eigenvalue weighted by atomic mass is 9.99. The van der Waals surface area contributed by atoms with Gasteiger partial charge in [-0.25, -0.2) is 4.68 Å². The highest BCUT2D eigenvalue weighted by molar-refractivity contribution is 6.35. The van der Waals surface area contributed by atoms with E-state index in [0.717, 1.165) is 51.7 Å². The number of aromatic nitrogens is 2. The van der Waals surface area contributed by atoms with Gasteiger partial charge in [-0.05, 0) is 48.9 Å². The van der Waals surface area contributed by atoms with Crippen LogP contribution in [0.3, 0.4) is 0 Å². The van der Waals surface area contributed by atoms with Gasteiger partial charge < -0.3 is 9.47 Å². The Kier molecular flexibility index (Phi) is 6.21. The highest BCUT2D eigenvalue weighted by Gasteiger charge is 2.22. The molecule has 0 aliphatic heterocycles. The van der Waals surface area contributed by atoms with Crippen molar-refractivity contribution in [1.82, 2.24) is 9.78 Å². The molecule has 0 aliphatic rings. The maximum absolute atomic E-state index is 6.59. The molecule has 31 heavy (non-hydrogen) atoms. The average molecular weight is 453 g/mol. The summed E-state index contributed by atoms with van der Waals surface area (Å²) in [5, 5.41) is 6.12. The van der Waals surface area contributed by atoms with E-state index in [-0.39, 0.29) is 0 Å². The molecule has 4 nitrogen and oxygen atoms in total. The maximum atomic E-state index is 6.59. The first-order chi connectivity index (χ1) is 15.0. The molecule has 0 saturated carbocycles. The van der Waals surface area contributed by atoms with Crippen LogP contribution < -0.4 is 9.47 Å². The molecule has 0 saturated heterocycles. The molecule has 0 aliphatic carbocycles. The van der Waals surface area contributed by atoms with E-state index in [4.69, 9.17) is 37.8 Å². The van der Waals surface area contributed by atoms with E-state index in [1.807, 2.05) is 65.3 Å².